The quantitative estimate of drug-likeness (QED) is 0.591. The third-order valence-corrected chi connectivity index (χ3v) is 1.62. The van der Waals surface area contributed by atoms with E-state index >= 15 is 0 Å². The molecule has 0 amide bonds. The molecule has 0 aliphatic carbocycles. The van der Waals surface area contributed by atoms with Crippen molar-refractivity contribution in [2.75, 3.05) is 19.8 Å². The molecule has 2 heteroatoms. The summed E-state index contributed by atoms with van der Waals surface area (Å²) in [6, 6.07) is 0.448. The van der Waals surface area contributed by atoms with Gasteiger partial charge in [-0.3, -0.25) is 0 Å². The van der Waals surface area contributed by atoms with E-state index in [9.17, 15) is 0 Å². The molecule has 0 rings (SSSR count). The molecule has 12 heavy (non-hydrogen) atoms. The second-order valence-corrected chi connectivity index (χ2v) is 3.22. The zero-order valence-electron chi connectivity index (χ0n) is 8.52. The van der Waals surface area contributed by atoms with Crippen LogP contribution in [0.15, 0.2) is 12.2 Å². The van der Waals surface area contributed by atoms with Gasteiger partial charge in [0.25, 0.3) is 0 Å². The van der Waals surface area contributed by atoms with Gasteiger partial charge in [-0.05, 0) is 33.7 Å². The zero-order valence-corrected chi connectivity index (χ0v) is 8.52. The fourth-order valence-corrected chi connectivity index (χ4v) is 0.886. The topological polar surface area (TPSA) is 21.3 Å². The van der Waals surface area contributed by atoms with Crippen LogP contribution in [0.25, 0.3) is 0 Å². The van der Waals surface area contributed by atoms with Gasteiger partial charge in [0, 0.05) is 12.6 Å². The molecule has 0 aromatic rings. The zero-order chi connectivity index (χ0) is 9.40. The van der Waals surface area contributed by atoms with Crippen LogP contribution in [0.2, 0.25) is 0 Å². The van der Waals surface area contributed by atoms with Gasteiger partial charge in [0.05, 0.1) is 6.61 Å². The molecular formula is C10H21NO. The largest absolute Gasteiger partial charge is 0.380 e. The van der Waals surface area contributed by atoms with E-state index in [0.29, 0.717) is 6.04 Å². The summed E-state index contributed by atoms with van der Waals surface area (Å²) in [6.07, 6.45) is 1.05. The van der Waals surface area contributed by atoms with E-state index in [4.69, 9.17) is 4.74 Å². The highest BCUT2D eigenvalue weighted by Crippen LogP contribution is 1.93. The SMILES string of the molecule is C=C(C)CCNC(C)COCC. The van der Waals surface area contributed by atoms with E-state index in [1.54, 1.807) is 0 Å². The van der Waals surface area contributed by atoms with Gasteiger partial charge in [0.1, 0.15) is 0 Å². The van der Waals surface area contributed by atoms with Crippen molar-refractivity contribution in [2.24, 2.45) is 0 Å². The van der Waals surface area contributed by atoms with Crippen molar-refractivity contribution < 1.29 is 4.74 Å². The number of hydrogen-bond acceptors (Lipinski definition) is 2. The second kappa shape index (κ2) is 7.32. The van der Waals surface area contributed by atoms with Crippen LogP contribution in [0.5, 0.6) is 0 Å². The molecule has 0 aliphatic heterocycles. The predicted molar refractivity (Wildman–Crippen MR) is 53.4 cm³/mol. The molecule has 0 fully saturated rings. The molecule has 72 valence electrons. The molecule has 1 N–H and O–H groups in total. The lowest BCUT2D eigenvalue weighted by Crippen LogP contribution is -2.31. The monoisotopic (exact) mass is 171 g/mol. The molecule has 0 bridgehead atoms. The third-order valence-electron chi connectivity index (χ3n) is 1.62. The van der Waals surface area contributed by atoms with E-state index in [0.717, 1.165) is 26.2 Å². The second-order valence-electron chi connectivity index (χ2n) is 3.22. The molecule has 0 aromatic heterocycles. The minimum Gasteiger partial charge on any atom is -0.380 e. The van der Waals surface area contributed by atoms with Crippen LogP contribution >= 0.6 is 0 Å². The minimum atomic E-state index is 0.448. The summed E-state index contributed by atoms with van der Waals surface area (Å²) < 4.78 is 5.27. The summed E-state index contributed by atoms with van der Waals surface area (Å²) in [5, 5.41) is 3.36. The fourth-order valence-electron chi connectivity index (χ4n) is 0.886. The highest BCUT2D eigenvalue weighted by atomic mass is 16.5. The van der Waals surface area contributed by atoms with E-state index < -0.39 is 0 Å². The molecular weight excluding hydrogens is 150 g/mol. The van der Waals surface area contributed by atoms with Gasteiger partial charge < -0.3 is 10.1 Å². The maximum absolute atomic E-state index is 5.27. The Morgan fingerprint density at radius 3 is 2.75 bits per heavy atom. The Morgan fingerprint density at radius 1 is 1.58 bits per heavy atom. The number of ether oxygens (including phenoxy) is 1. The lowest BCUT2D eigenvalue weighted by atomic mass is 10.2. The lowest BCUT2D eigenvalue weighted by Gasteiger charge is -2.13. The molecule has 0 saturated carbocycles. The summed E-state index contributed by atoms with van der Waals surface area (Å²) in [7, 11) is 0. The average Bonchev–Trinajstić information content (AvgIpc) is 2.00. The number of hydrogen-bond donors (Lipinski definition) is 1. The fraction of sp³-hybridized carbons (Fsp3) is 0.800. The summed E-state index contributed by atoms with van der Waals surface area (Å²) >= 11 is 0. The van der Waals surface area contributed by atoms with Crippen LogP contribution in [0.1, 0.15) is 27.2 Å². The van der Waals surface area contributed by atoms with E-state index in [1.807, 2.05) is 6.92 Å². The van der Waals surface area contributed by atoms with Gasteiger partial charge in [-0.1, -0.05) is 5.57 Å². The Kier molecular flexibility index (Phi) is 7.11. The molecule has 0 radical (unpaired) electrons. The van der Waals surface area contributed by atoms with Crippen molar-refractivity contribution in [1.82, 2.24) is 5.32 Å². The van der Waals surface area contributed by atoms with E-state index in [1.165, 1.54) is 5.57 Å². The molecule has 1 atom stereocenters. The summed E-state index contributed by atoms with van der Waals surface area (Å²) in [5.74, 6) is 0. The first-order valence-electron chi connectivity index (χ1n) is 4.62. The smallest absolute Gasteiger partial charge is 0.0616 e. The summed E-state index contributed by atoms with van der Waals surface area (Å²) in [6.45, 7) is 12.6. The van der Waals surface area contributed by atoms with Crippen LogP contribution in [-0.4, -0.2) is 25.8 Å². The van der Waals surface area contributed by atoms with Gasteiger partial charge in [0.2, 0.25) is 0 Å². The number of nitrogens with one attached hydrogen (secondary N) is 1. The summed E-state index contributed by atoms with van der Waals surface area (Å²) in [4.78, 5) is 0. The standard InChI is InChI=1S/C10H21NO/c1-5-12-8-10(4)11-7-6-9(2)3/h10-11H,2,5-8H2,1,3-4H3. The van der Waals surface area contributed by atoms with Crippen LogP contribution < -0.4 is 5.32 Å². The maximum atomic E-state index is 5.27. The Balaban J connectivity index is 3.19. The molecule has 0 spiro atoms. The molecule has 2 nitrogen and oxygen atoms in total. The van der Waals surface area contributed by atoms with Crippen molar-refractivity contribution in [3.05, 3.63) is 12.2 Å². The lowest BCUT2D eigenvalue weighted by molar-refractivity contribution is 0.127. The van der Waals surface area contributed by atoms with Crippen LogP contribution in [0.4, 0.5) is 0 Å². The van der Waals surface area contributed by atoms with Gasteiger partial charge >= 0.3 is 0 Å². The maximum Gasteiger partial charge on any atom is 0.0616 e. The Morgan fingerprint density at radius 2 is 2.25 bits per heavy atom. The van der Waals surface area contributed by atoms with Gasteiger partial charge in [0.15, 0.2) is 0 Å². The van der Waals surface area contributed by atoms with Crippen LogP contribution in [0, 0.1) is 0 Å². The molecule has 0 aromatic carbocycles. The van der Waals surface area contributed by atoms with Gasteiger partial charge in [-0.15, -0.1) is 6.58 Å². The minimum absolute atomic E-state index is 0.448. The van der Waals surface area contributed by atoms with Crippen molar-refractivity contribution in [1.29, 1.82) is 0 Å². The van der Waals surface area contributed by atoms with Crippen molar-refractivity contribution in [2.45, 2.75) is 33.2 Å². The van der Waals surface area contributed by atoms with Crippen molar-refractivity contribution >= 4 is 0 Å². The molecule has 0 aliphatic rings. The third kappa shape index (κ3) is 7.76. The van der Waals surface area contributed by atoms with Gasteiger partial charge in [-0.25, -0.2) is 0 Å². The molecule has 1 unspecified atom stereocenters. The Bertz CT molecular complexity index is 123. The van der Waals surface area contributed by atoms with E-state index in [2.05, 4.69) is 25.7 Å². The van der Waals surface area contributed by atoms with Crippen molar-refractivity contribution in [3.8, 4) is 0 Å². The Labute approximate surface area is 76.0 Å². The van der Waals surface area contributed by atoms with Crippen molar-refractivity contribution in [3.63, 3.8) is 0 Å². The first-order valence-corrected chi connectivity index (χ1v) is 4.62. The molecule has 0 heterocycles. The highest BCUT2D eigenvalue weighted by molar-refractivity contribution is 4.88. The normalized spacial score (nSPS) is 12.9. The summed E-state index contributed by atoms with van der Waals surface area (Å²) in [5.41, 5.74) is 1.23. The molecule has 0 saturated heterocycles. The average molecular weight is 171 g/mol. The van der Waals surface area contributed by atoms with Crippen LogP contribution in [0.3, 0.4) is 0 Å². The van der Waals surface area contributed by atoms with Gasteiger partial charge in [-0.2, -0.15) is 0 Å². The Hall–Kier alpha value is -0.340. The first-order chi connectivity index (χ1) is 5.66. The first kappa shape index (κ1) is 11.7. The predicted octanol–water partition coefficient (Wildman–Crippen LogP) is 1.97. The van der Waals surface area contributed by atoms with Crippen LogP contribution in [-0.2, 0) is 4.74 Å². The number of rotatable bonds is 7. The highest BCUT2D eigenvalue weighted by Gasteiger charge is 1.98. The van der Waals surface area contributed by atoms with E-state index in [-0.39, 0.29) is 0 Å².